The number of hydrogen-bond donors (Lipinski definition) is 5. The lowest BCUT2D eigenvalue weighted by molar-refractivity contribution is -0.0545. The lowest BCUT2D eigenvalue weighted by atomic mass is 10.0. The molecule has 3 aromatic heterocycles. The van der Waals surface area contributed by atoms with Crippen molar-refractivity contribution in [3.8, 4) is 16.5 Å². The normalized spacial score (nSPS) is 23.1. The average Bonchev–Trinajstić information content (AvgIpc) is 3.61. The van der Waals surface area contributed by atoms with Gasteiger partial charge >= 0.3 is 0 Å². The fraction of sp³-hybridized carbons (Fsp3) is 0.467. The number of aliphatic hydroxyl groups is 3. The summed E-state index contributed by atoms with van der Waals surface area (Å²) in [6.07, 6.45) is 3.65. The zero-order chi connectivity index (χ0) is 28.7. The van der Waals surface area contributed by atoms with Crippen LogP contribution in [0.15, 0.2) is 36.5 Å². The lowest BCUT2D eigenvalue weighted by Crippen LogP contribution is -2.48. The minimum Gasteiger partial charge on any atom is -0.476 e. The number of nitrogens with one attached hydrogen (secondary N) is 2. The molecule has 2 fully saturated rings. The van der Waals surface area contributed by atoms with Gasteiger partial charge in [-0.05, 0) is 64.0 Å². The zero-order valence-corrected chi connectivity index (χ0v) is 24.3. The summed E-state index contributed by atoms with van der Waals surface area (Å²) in [4.78, 5) is 18.9. The highest BCUT2D eigenvalue weighted by Crippen LogP contribution is 2.42. The molecule has 4 unspecified atom stereocenters. The van der Waals surface area contributed by atoms with Gasteiger partial charge in [0.25, 0.3) is 0 Å². The van der Waals surface area contributed by atoms with E-state index in [1.54, 1.807) is 6.20 Å². The van der Waals surface area contributed by atoms with Gasteiger partial charge in [0.05, 0.1) is 28.6 Å². The highest BCUT2D eigenvalue weighted by molar-refractivity contribution is 7.21. The van der Waals surface area contributed by atoms with Crippen LogP contribution in [0.4, 0.5) is 11.8 Å². The van der Waals surface area contributed by atoms with Crippen LogP contribution < -0.4 is 15.4 Å². The second-order valence-electron chi connectivity index (χ2n) is 11.3. The molecule has 2 saturated carbocycles. The SMILES string of the molecule is Cc1ccc(C(C)Nc2nc(C)c(-c3nc4c(OCC5CC5)nccc4s3)c(NC3(O)CCC(CO)C3O)n2)cc1. The van der Waals surface area contributed by atoms with E-state index in [0.717, 1.165) is 10.3 Å². The van der Waals surface area contributed by atoms with Crippen LogP contribution in [0, 0.1) is 25.7 Å². The Hall–Kier alpha value is -3.38. The third-order valence-electron chi connectivity index (χ3n) is 8.05. The summed E-state index contributed by atoms with van der Waals surface area (Å²) < 4.78 is 6.92. The van der Waals surface area contributed by atoms with Gasteiger partial charge in [-0.15, -0.1) is 11.3 Å². The molecule has 5 N–H and O–H groups in total. The van der Waals surface area contributed by atoms with Crippen LogP contribution >= 0.6 is 11.3 Å². The Bertz CT molecular complexity index is 1540. The summed E-state index contributed by atoms with van der Waals surface area (Å²) in [5.74, 6) is 1.39. The molecule has 2 aliphatic rings. The number of aryl methyl sites for hydroxylation is 2. The molecule has 0 amide bonds. The van der Waals surface area contributed by atoms with Gasteiger partial charge in [0, 0.05) is 18.7 Å². The first-order valence-electron chi connectivity index (χ1n) is 14.1. The van der Waals surface area contributed by atoms with Crippen molar-refractivity contribution in [3.05, 3.63) is 53.3 Å². The summed E-state index contributed by atoms with van der Waals surface area (Å²) in [6, 6.07) is 10.1. The Kier molecular flexibility index (Phi) is 7.54. The number of rotatable bonds is 10. The first-order valence-corrected chi connectivity index (χ1v) is 15.0. The van der Waals surface area contributed by atoms with Gasteiger partial charge in [0.2, 0.25) is 11.8 Å². The van der Waals surface area contributed by atoms with Crippen LogP contribution in [0.25, 0.3) is 20.8 Å². The third-order valence-corrected chi connectivity index (χ3v) is 9.09. The lowest BCUT2D eigenvalue weighted by Gasteiger charge is -2.31. The van der Waals surface area contributed by atoms with Gasteiger partial charge in [-0.25, -0.2) is 15.0 Å². The average molecular weight is 577 g/mol. The van der Waals surface area contributed by atoms with Crippen LogP contribution in [-0.2, 0) is 0 Å². The number of ether oxygens (including phenoxy) is 1. The highest BCUT2D eigenvalue weighted by Gasteiger charge is 2.47. The van der Waals surface area contributed by atoms with Gasteiger partial charge < -0.3 is 30.7 Å². The van der Waals surface area contributed by atoms with Crippen LogP contribution in [0.1, 0.15) is 55.5 Å². The third kappa shape index (κ3) is 5.72. The van der Waals surface area contributed by atoms with E-state index in [4.69, 9.17) is 19.7 Å². The second-order valence-corrected chi connectivity index (χ2v) is 12.4. The second kappa shape index (κ2) is 11.1. The van der Waals surface area contributed by atoms with Crippen molar-refractivity contribution in [2.75, 3.05) is 23.8 Å². The molecule has 11 heteroatoms. The molecule has 0 bridgehead atoms. The molecular weight excluding hydrogens is 540 g/mol. The van der Waals surface area contributed by atoms with Crippen molar-refractivity contribution < 1.29 is 20.1 Å². The van der Waals surface area contributed by atoms with E-state index in [1.165, 1.54) is 29.7 Å². The highest BCUT2D eigenvalue weighted by atomic mass is 32.1. The Morgan fingerprint density at radius 3 is 2.59 bits per heavy atom. The van der Waals surface area contributed by atoms with Crippen molar-refractivity contribution in [2.24, 2.45) is 11.8 Å². The molecule has 10 nitrogen and oxygen atoms in total. The number of aliphatic hydroxyl groups excluding tert-OH is 2. The van der Waals surface area contributed by atoms with Crippen molar-refractivity contribution >= 4 is 33.3 Å². The first kappa shape index (κ1) is 27.8. The molecule has 4 atom stereocenters. The summed E-state index contributed by atoms with van der Waals surface area (Å²) in [5.41, 5.74) is 2.56. The molecule has 41 heavy (non-hydrogen) atoms. The smallest absolute Gasteiger partial charge is 0.241 e. The van der Waals surface area contributed by atoms with E-state index >= 15 is 0 Å². The fourth-order valence-electron chi connectivity index (χ4n) is 5.28. The predicted molar refractivity (Wildman–Crippen MR) is 159 cm³/mol. The topological polar surface area (TPSA) is 146 Å². The van der Waals surface area contributed by atoms with Gasteiger partial charge in [0.1, 0.15) is 22.4 Å². The molecule has 0 spiro atoms. The minimum atomic E-state index is -1.67. The van der Waals surface area contributed by atoms with Crippen molar-refractivity contribution in [1.82, 2.24) is 19.9 Å². The molecular formula is C30H36N6O4S. The van der Waals surface area contributed by atoms with Gasteiger partial charge in [0.15, 0.2) is 5.72 Å². The van der Waals surface area contributed by atoms with Gasteiger partial charge in [-0.2, -0.15) is 4.98 Å². The zero-order valence-electron chi connectivity index (χ0n) is 23.5. The standard InChI is InChI=1S/C30H36N6O4S/c1-16-4-8-20(9-5-16)17(2)32-29-33-18(3)23(26(35-29)36-30(39)12-10-21(14-37)25(30)38)28-34-24-22(41-28)11-13-31-27(24)40-15-19-6-7-19/h4-5,8-9,11,13,17,19,21,25,37-39H,6-7,10,12,14-15H2,1-3H3,(H2,32,33,35,36). The number of fused-ring (bicyclic) bond motifs is 1. The molecule has 0 radical (unpaired) electrons. The molecule has 4 aromatic rings. The Morgan fingerprint density at radius 1 is 1.10 bits per heavy atom. The Morgan fingerprint density at radius 2 is 1.88 bits per heavy atom. The maximum atomic E-state index is 11.5. The number of thiazole rings is 1. The number of nitrogens with zero attached hydrogens (tertiary/aromatic N) is 4. The van der Waals surface area contributed by atoms with Crippen molar-refractivity contribution in [2.45, 2.75) is 64.3 Å². The van der Waals surface area contributed by atoms with E-state index in [2.05, 4.69) is 46.8 Å². The van der Waals surface area contributed by atoms with Crippen LogP contribution in [0.3, 0.4) is 0 Å². The molecule has 2 aliphatic carbocycles. The Balaban J connectivity index is 1.38. The largest absolute Gasteiger partial charge is 0.476 e. The number of aromatic nitrogens is 4. The number of benzene rings is 1. The molecule has 0 saturated heterocycles. The van der Waals surface area contributed by atoms with Crippen molar-refractivity contribution in [1.29, 1.82) is 0 Å². The maximum Gasteiger partial charge on any atom is 0.241 e. The quantitative estimate of drug-likeness (QED) is 0.170. The van der Waals surface area contributed by atoms with E-state index < -0.39 is 17.7 Å². The van der Waals surface area contributed by atoms with E-state index in [-0.39, 0.29) is 19.1 Å². The molecule has 216 valence electrons. The fourth-order valence-corrected chi connectivity index (χ4v) is 6.33. The van der Waals surface area contributed by atoms with E-state index in [9.17, 15) is 15.3 Å². The Labute approximate surface area is 242 Å². The van der Waals surface area contributed by atoms with Crippen LogP contribution in [-0.4, -0.2) is 60.3 Å². The maximum absolute atomic E-state index is 11.5. The summed E-state index contributed by atoms with van der Waals surface area (Å²) in [5, 5.41) is 39.2. The van der Waals surface area contributed by atoms with E-state index in [1.807, 2.05) is 19.9 Å². The minimum absolute atomic E-state index is 0.0765. The summed E-state index contributed by atoms with van der Waals surface area (Å²) in [7, 11) is 0. The van der Waals surface area contributed by atoms with E-state index in [0.29, 0.717) is 58.4 Å². The molecule has 0 aliphatic heterocycles. The molecule has 1 aromatic carbocycles. The molecule has 6 rings (SSSR count). The monoisotopic (exact) mass is 576 g/mol. The van der Waals surface area contributed by atoms with Crippen LogP contribution in [0.2, 0.25) is 0 Å². The van der Waals surface area contributed by atoms with Crippen LogP contribution in [0.5, 0.6) is 5.88 Å². The summed E-state index contributed by atoms with van der Waals surface area (Å²) >= 11 is 1.47. The summed E-state index contributed by atoms with van der Waals surface area (Å²) in [6.45, 7) is 6.38. The number of hydrogen-bond acceptors (Lipinski definition) is 11. The molecule has 3 heterocycles. The number of anilines is 2. The predicted octanol–water partition coefficient (Wildman–Crippen LogP) is 4.59. The van der Waals surface area contributed by atoms with Gasteiger partial charge in [-0.1, -0.05) is 29.8 Å². The first-order chi connectivity index (χ1) is 19.7. The van der Waals surface area contributed by atoms with Crippen molar-refractivity contribution in [3.63, 3.8) is 0 Å². The van der Waals surface area contributed by atoms with Gasteiger partial charge in [-0.3, -0.25) is 0 Å². The number of pyridine rings is 1.